The van der Waals surface area contributed by atoms with Crippen LogP contribution in [0.3, 0.4) is 0 Å². The number of aromatic nitrogens is 3. The topological polar surface area (TPSA) is 60.0 Å². The van der Waals surface area contributed by atoms with Gasteiger partial charge in [0.05, 0.1) is 18.4 Å². The van der Waals surface area contributed by atoms with Crippen LogP contribution in [-0.4, -0.2) is 20.0 Å². The SMILES string of the molecule is NN1C=Cn2nncc2C1. The second kappa shape index (κ2) is 1.81. The zero-order valence-electron chi connectivity index (χ0n) is 5.31. The largest absolute Gasteiger partial charge is 0.311 e. The second-order valence-electron chi connectivity index (χ2n) is 2.14. The summed E-state index contributed by atoms with van der Waals surface area (Å²) >= 11 is 0. The highest BCUT2D eigenvalue weighted by molar-refractivity contribution is 5.25. The van der Waals surface area contributed by atoms with Gasteiger partial charge in [0, 0.05) is 12.4 Å². The average molecular weight is 137 g/mol. The minimum absolute atomic E-state index is 0.670. The molecule has 5 heteroatoms. The number of hydrogen-bond donors (Lipinski definition) is 1. The summed E-state index contributed by atoms with van der Waals surface area (Å²) in [7, 11) is 0. The van der Waals surface area contributed by atoms with Gasteiger partial charge in [-0.05, 0) is 0 Å². The summed E-state index contributed by atoms with van der Waals surface area (Å²) in [6, 6.07) is 0. The Kier molecular flexibility index (Phi) is 0.983. The lowest BCUT2D eigenvalue weighted by molar-refractivity contribution is 0.368. The van der Waals surface area contributed by atoms with E-state index in [-0.39, 0.29) is 0 Å². The van der Waals surface area contributed by atoms with Crippen molar-refractivity contribution in [1.29, 1.82) is 0 Å². The molecule has 0 fully saturated rings. The Morgan fingerprint density at radius 3 is 3.30 bits per heavy atom. The van der Waals surface area contributed by atoms with Gasteiger partial charge in [0.2, 0.25) is 0 Å². The third-order valence-electron chi connectivity index (χ3n) is 1.39. The normalized spacial score (nSPS) is 15.5. The Labute approximate surface area is 57.7 Å². The number of hydrogen-bond acceptors (Lipinski definition) is 4. The lowest BCUT2D eigenvalue weighted by Gasteiger charge is -2.16. The standard InChI is InChI=1S/C5H7N5/c6-9-1-2-10-5(4-9)3-7-8-10/h1-3H,4,6H2. The van der Waals surface area contributed by atoms with Crippen molar-refractivity contribution in [2.75, 3.05) is 0 Å². The van der Waals surface area contributed by atoms with Crippen LogP contribution in [0.4, 0.5) is 0 Å². The van der Waals surface area contributed by atoms with Crippen LogP contribution in [0.5, 0.6) is 0 Å². The quantitative estimate of drug-likeness (QED) is 0.485. The van der Waals surface area contributed by atoms with E-state index in [9.17, 15) is 0 Å². The highest BCUT2D eigenvalue weighted by Crippen LogP contribution is 2.05. The second-order valence-corrected chi connectivity index (χ2v) is 2.14. The molecule has 1 aromatic heterocycles. The first kappa shape index (κ1) is 5.43. The molecule has 5 nitrogen and oxygen atoms in total. The van der Waals surface area contributed by atoms with Crippen molar-refractivity contribution in [1.82, 2.24) is 20.0 Å². The van der Waals surface area contributed by atoms with E-state index in [1.54, 1.807) is 28.3 Å². The molecule has 0 amide bonds. The summed E-state index contributed by atoms with van der Waals surface area (Å²) in [6.45, 7) is 0.670. The van der Waals surface area contributed by atoms with Gasteiger partial charge in [-0.15, -0.1) is 5.10 Å². The van der Waals surface area contributed by atoms with Gasteiger partial charge in [-0.1, -0.05) is 5.21 Å². The molecule has 1 aromatic rings. The van der Waals surface area contributed by atoms with Crippen LogP contribution >= 0.6 is 0 Å². The third kappa shape index (κ3) is 0.679. The first-order valence-electron chi connectivity index (χ1n) is 2.95. The molecule has 0 saturated carbocycles. The molecule has 2 heterocycles. The number of fused-ring (bicyclic) bond motifs is 1. The molecule has 52 valence electrons. The monoisotopic (exact) mass is 137 g/mol. The summed E-state index contributed by atoms with van der Waals surface area (Å²) in [4.78, 5) is 0. The predicted octanol–water partition coefficient (Wildman–Crippen LogP) is -0.604. The molecule has 0 spiro atoms. The molecule has 10 heavy (non-hydrogen) atoms. The van der Waals surface area contributed by atoms with Crippen molar-refractivity contribution in [3.8, 4) is 0 Å². The van der Waals surface area contributed by atoms with E-state index in [1.807, 2.05) is 0 Å². The summed E-state index contributed by atoms with van der Waals surface area (Å²) in [5, 5.41) is 9.09. The van der Waals surface area contributed by atoms with Gasteiger partial charge in [-0.3, -0.25) is 0 Å². The van der Waals surface area contributed by atoms with E-state index in [4.69, 9.17) is 5.84 Å². The highest BCUT2D eigenvalue weighted by atomic mass is 15.5. The molecular weight excluding hydrogens is 130 g/mol. The van der Waals surface area contributed by atoms with E-state index in [0.717, 1.165) is 5.69 Å². The number of nitrogens with zero attached hydrogens (tertiary/aromatic N) is 4. The summed E-state index contributed by atoms with van der Waals surface area (Å²) in [5.41, 5.74) is 1.00. The number of rotatable bonds is 0. The molecule has 0 aliphatic carbocycles. The van der Waals surface area contributed by atoms with Gasteiger partial charge < -0.3 is 5.01 Å². The number of nitrogens with two attached hydrogens (primary N) is 1. The molecule has 1 aliphatic rings. The highest BCUT2D eigenvalue weighted by Gasteiger charge is 2.07. The molecule has 2 rings (SSSR count). The molecule has 2 N–H and O–H groups in total. The summed E-state index contributed by atoms with van der Waals surface area (Å²) in [5.74, 6) is 5.49. The minimum atomic E-state index is 0.670. The van der Waals surface area contributed by atoms with Crippen LogP contribution in [-0.2, 0) is 6.54 Å². The van der Waals surface area contributed by atoms with Crippen LogP contribution in [0.15, 0.2) is 12.4 Å². The molecule has 0 aromatic carbocycles. The van der Waals surface area contributed by atoms with Crippen molar-refractivity contribution in [3.63, 3.8) is 0 Å². The maximum absolute atomic E-state index is 5.49. The number of hydrazine groups is 1. The maximum Gasteiger partial charge on any atom is 0.0848 e. The van der Waals surface area contributed by atoms with Crippen LogP contribution in [0.1, 0.15) is 5.69 Å². The third-order valence-corrected chi connectivity index (χ3v) is 1.39. The molecular formula is C5H7N5. The van der Waals surface area contributed by atoms with E-state index in [0.29, 0.717) is 6.54 Å². The fraction of sp³-hybridized carbons (Fsp3) is 0.200. The van der Waals surface area contributed by atoms with Crippen LogP contribution in [0, 0.1) is 0 Å². The van der Waals surface area contributed by atoms with Gasteiger partial charge in [-0.25, -0.2) is 10.5 Å². The van der Waals surface area contributed by atoms with Crippen LogP contribution in [0.25, 0.3) is 6.20 Å². The maximum atomic E-state index is 5.49. The van der Waals surface area contributed by atoms with Crippen LogP contribution < -0.4 is 5.84 Å². The Morgan fingerprint density at radius 2 is 2.40 bits per heavy atom. The van der Waals surface area contributed by atoms with Crippen molar-refractivity contribution in [2.45, 2.75) is 6.54 Å². The van der Waals surface area contributed by atoms with E-state index >= 15 is 0 Å². The zero-order valence-corrected chi connectivity index (χ0v) is 5.31. The lowest BCUT2D eigenvalue weighted by Crippen LogP contribution is -2.28. The first-order chi connectivity index (χ1) is 4.86. The molecule has 1 aliphatic heterocycles. The molecule has 0 bridgehead atoms. The van der Waals surface area contributed by atoms with E-state index in [1.165, 1.54) is 0 Å². The Morgan fingerprint density at radius 1 is 1.50 bits per heavy atom. The fourth-order valence-corrected chi connectivity index (χ4v) is 0.892. The summed E-state index contributed by atoms with van der Waals surface area (Å²) < 4.78 is 1.70. The molecule has 0 radical (unpaired) electrons. The van der Waals surface area contributed by atoms with Crippen molar-refractivity contribution < 1.29 is 0 Å². The smallest absolute Gasteiger partial charge is 0.0848 e. The zero-order chi connectivity index (χ0) is 6.97. The van der Waals surface area contributed by atoms with Gasteiger partial charge in [0.25, 0.3) is 0 Å². The van der Waals surface area contributed by atoms with Crippen molar-refractivity contribution >= 4 is 6.20 Å². The Hall–Kier alpha value is -1.36. The van der Waals surface area contributed by atoms with Gasteiger partial charge in [0.15, 0.2) is 0 Å². The van der Waals surface area contributed by atoms with E-state index < -0.39 is 0 Å². The predicted molar refractivity (Wildman–Crippen MR) is 35.1 cm³/mol. The van der Waals surface area contributed by atoms with E-state index in [2.05, 4.69) is 10.3 Å². The average Bonchev–Trinajstić information content (AvgIpc) is 2.33. The lowest BCUT2D eigenvalue weighted by atomic mass is 10.4. The van der Waals surface area contributed by atoms with Gasteiger partial charge in [0.1, 0.15) is 0 Å². The summed E-state index contributed by atoms with van der Waals surface area (Å²) in [6.07, 6.45) is 5.22. The minimum Gasteiger partial charge on any atom is -0.311 e. The fourth-order valence-electron chi connectivity index (χ4n) is 0.892. The van der Waals surface area contributed by atoms with Crippen molar-refractivity contribution in [2.24, 2.45) is 5.84 Å². The van der Waals surface area contributed by atoms with Gasteiger partial charge in [-0.2, -0.15) is 0 Å². The first-order valence-corrected chi connectivity index (χ1v) is 2.95. The molecule has 0 saturated heterocycles. The molecule has 0 unspecified atom stereocenters. The Bertz CT molecular complexity index is 263. The molecule has 0 atom stereocenters. The Balaban J connectivity index is 2.43. The van der Waals surface area contributed by atoms with Crippen molar-refractivity contribution in [3.05, 3.63) is 18.1 Å². The van der Waals surface area contributed by atoms with Gasteiger partial charge >= 0.3 is 0 Å². The van der Waals surface area contributed by atoms with Crippen LogP contribution in [0.2, 0.25) is 0 Å².